The average Bonchev–Trinajstić information content (AvgIpc) is 2.38. The molecule has 0 bridgehead atoms. The van der Waals surface area contributed by atoms with Gasteiger partial charge in [0.15, 0.2) is 0 Å². The molecule has 16 heavy (non-hydrogen) atoms. The first-order valence-corrected chi connectivity index (χ1v) is 4.52. The van der Waals surface area contributed by atoms with E-state index in [1.54, 1.807) is 18.2 Å². The maximum atomic E-state index is 11.6. The van der Waals surface area contributed by atoms with Gasteiger partial charge in [0.05, 0.1) is 0 Å². The highest BCUT2D eigenvalue weighted by Gasteiger charge is 2.06. The number of pyridine rings is 2. The Kier molecular flexibility index (Phi) is 1.74. The van der Waals surface area contributed by atoms with Gasteiger partial charge in [-0.15, -0.1) is 0 Å². The number of nitrogens with zero attached hydrogens (tertiary/aromatic N) is 2. The van der Waals surface area contributed by atoms with Crippen LogP contribution in [0, 0.1) is 18.2 Å². The molecule has 0 amide bonds. The van der Waals surface area contributed by atoms with Crippen LogP contribution < -0.4 is 5.56 Å². The molecule has 1 N–H and O–H groups in total. The molecule has 0 unspecified atom stereocenters. The molecule has 0 spiro atoms. The van der Waals surface area contributed by atoms with Gasteiger partial charge in [0.25, 0.3) is 5.56 Å². The highest BCUT2D eigenvalue weighted by molar-refractivity contribution is 5.66. The Hall–Kier alpha value is -2.41. The molecule has 2 aromatic heterocycles. The summed E-state index contributed by atoms with van der Waals surface area (Å²) in [5, 5.41) is 8.86. The number of aromatic nitrogens is 2. The fourth-order valence-corrected chi connectivity index (χ4v) is 1.37. The summed E-state index contributed by atoms with van der Waals surface area (Å²) in [7, 11) is 0. The van der Waals surface area contributed by atoms with E-state index >= 15 is 0 Å². The topological polar surface area (TPSA) is 69.5 Å². The summed E-state index contributed by atoms with van der Waals surface area (Å²) < 4.78 is 22.4. The smallest absolute Gasteiger partial charge is 0.266 e. The van der Waals surface area contributed by atoms with Gasteiger partial charge in [-0.1, -0.05) is 0 Å². The standard InChI is InChI=1S/C12H9N3O/c1-8-11(9-2-4-14-5-3-9)6-10(7-13)12(16)15-8/h2-6H,1H3,(H,15,16)/i1D3. The fraction of sp³-hybridized carbons (Fsp3) is 0.0833. The van der Waals surface area contributed by atoms with Crippen molar-refractivity contribution >= 4 is 0 Å². The van der Waals surface area contributed by atoms with E-state index in [9.17, 15) is 4.79 Å². The first-order chi connectivity index (χ1) is 8.93. The molecule has 0 aliphatic heterocycles. The molecule has 78 valence electrons. The van der Waals surface area contributed by atoms with Crippen LogP contribution in [-0.4, -0.2) is 9.97 Å². The SMILES string of the molecule is [2H]C([2H])([2H])c1[nH]c(=O)c(C#N)cc1-c1ccncc1. The second kappa shape index (κ2) is 3.99. The number of rotatable bonds is 1. The predicted molar refractivity (Wildman–Crippen MR) is 59.7 cm³/mol. The molecule has 0 atom stereocenters. The molecular formula is C12H9N3O. The van der Waals surface area contributed by atoms with Crippen molar-refractivity contribution in [3.05, 3.63) is 52.2 Å². The van der Waals surface area contributed by atoms with Crippen LogP contribution >= 0.6 is 0 Å². The van der Waals surface area contributed by atoms with Crippen LogP contribution in [0.1, 0.15) is 15.4 Å². The fourth-order valence-electron chi connectivity index (χ4n) is 1.37. The van der Waals surface area contributed by atoms with Gasteiger partial charge in [0.1, 0.15) is 11.6 Å². The Balaban J connectivity index is 2.78. The maximum absolute atomic E-state index is 11.6. The molecule has 2 heterocycles. The van der Waals surface area contributed by atoms with E-state index in [-0.39, 0.29) is 11.3 Å². The highest BCUT2D eigenvalue weighted by Crippen LogP contribution is 2.20. The van der Waals surface area contributed by atoms with Crippen molar-refractivity contribution in [1.29, 1.82) is 5.26 Å². The summed E-state index contributed by atoms with van der Waals surface area (Å²) in [6, 6.07) is 6.26. The quantitative estimate of drug-likeness (QED) is 0.784. The van der Waals surface area contributed by atoms with Crippen LogP contribution in [0.5, 0.6) is 0 Å². The van der Waals surface area contributed by atoms with Crippen LogP contribution in [0.2, 0.25) is 0 Å². The molecule has 0 aliphatic rings. The van der Waals surface area contributed by atoms with Crippen LogP contribution in [0.25, 0.3) is 11.1 Å². The normalized spacial score (nSPS) is 13.3. The molecular weight excluding hydrogens is 202 g/mol. The molecule has 2 aromatic rings. The van der Waals surface area contributed by atoms with Gasteiger partial charge < -0.3 is 4.98 Å². The number of nitriles is 1. The lowest BCUT2D eigenvalue weighted by molar-refractivity contribution is 1.13. The van der Waals surface area contributed by atoms with Crippen LogP contribution in [0.4, 0.5) is 0 Å². The third kappa shape index (κ3) is 1.71. The summed E-state index contributed by atoms with van der Waals surface area (Å²) in [4.78, 5) is 17.7. The minimum Gasteiger partial charge on any atom is -0.325 e. The molecule has 2 rings (SSSR count). The second-order valence-electron chi connectivity index (χ2n) is 3.15. The van der Waals surface area contributed by atoms with Crippen LogP contribution in [0.15, 0.2) is 35.4 Å². The minimum absolute atomic E-state index is 0.125. The molecule has 0 radical (unpaired) electrons. The van der Waals surface area contributed by atoms with Gasteiger partial charge in [-0.3, -0.25) is 9.78 Å². The van der Waals surface area contributed by atoms with Gasteiger partial charge in [-0.25, -0.2) is 0 Å². The molecule has 4 nitrogen and oxygen atoms in total. The van der Waals surface area contributed by atoms with Gasteiger partial charge in [0, 0.05) is 27.8 Å². The zero-order chi connectivity index (χ0) is 14.0. The maximum Gasteiger partial charge on any atom is 0.266 e. The minimum atomic E-state index is -2.47. The van der Waals surface area contributed by atoms with Crippen molar-refractivity contribution in [1.82, 2.24) is 9.97 Å². The Labute approximate surface area is 96.4 Å². The Morgan fingerprint density at radius 1 is 1.50 bits per heavy atom. The first kappa shape index (κ1) is 6.96. The average molecular weight is 214 g/mol. The Bertz CT molecular complexity index is 699. The molecule has 0 fully saturated rings. The van der Waals surface area contributed by atoms with E-state index in [1.165, 1.54) is 18.5 Å². The summed E-state index contributed by atoms with van der Waals surface area (Å²) in [6.45, 7) is -2.47. The third-order valence-electron chi connectivity index (χ3n) is 2.15. The van der Waals surface area contributed by atoms with Gasteiger partial charge in [-0.2, -0.15) is 5.26 Å². The van der Waals surface area contributed by atoms with Crippen molar-refractivity contribution in [2.75, 3.05) is 0 Å². The molecule has 0 saturated heterocycles. The van der Waals surface area contributed by atoms with Crippen LogP contribution in [0.3, 0.4) is 0 Å². The largest absolute Gasteiger partial charge is 0.325 e. The van der Waals surface area contributed by atoms with E-state index in [2.05, 4.69) is 9.97 Å². The van der Waals surface area contributed by atoms with Crippen LogP contribution in [-0.2, 0) is 0 Å². The van der Waals surface area contributed by atoms with E-state index in [4.69, 9.17) is 9.37 Å². The third-order valence-corrected chi connectivity index (χ3v) is 2.15. The number of hydrogen-bond acceptors (Lipinski definition) is 3. The lowest BCUT2D eigenvalue weighted by atomic mass is 10.0. The Morgan fingerprint density at radius 3 is 2.88 bits per heavy atom. The summed E-state index contributed by atoms with van der Waals surface area (Å²) in [5.74, 6) is 0. The number of H-pyrrole nitrogens is 1. The summed E-state index contributed by atoms with van der Waals surface area (Å²) in [5.41, 5.74) is -0.124. The zero-order valence-corrected chi connectivity index (χ0v) is 8.19. The number of hydrogen-bond donors (Lipinski definition) is 1. The summed E-state index contributed by atoms with van der Waals surface area (Å²) in [6.07, 6.45) is 3.02. The highest BCUT2D eigenvalue weighted by atomic mass is 16.1. The van der Waals surface area contributed by atoms with Crippen molar-refractivity contribution in [2.24, 2.45) is 0 Å². The first-order valence-electron chi connectivity index (χ1n) is 6.02. The van der Waals surface area contributed by atoms with Gasteiger partial charge in [0.2, 0.25) is 0 Å². The van der Waals surface area contributed by atoms with E-state index < -0.39 is 12.4 Å². The van der Waals surface area contributed by atoms with Gasteiger partial charge >= 0.3 is 0 Å². The van der Waals surface area contributed by atoms with Crippen molar-refractivity contribution in [2.45, 2.75) is 6.85 Å². The molecule has 4 heteroatoms. The Morgan fingerprint density at radius 2 is 2.25 bits per heavy atom. The van der Waals surface area contributed by atoms with E-state index in [0.29, 0.717) is 11.1 Å². The van der Waals surface area contributed by atoms with E-state index in [0.717, 1.165) is 0 Å². The van der Waals surface area contributed by atoms with Crippen molar-refractivity contribution in [3.8, 4) is 17.2 Å². The number of aryl methyl sites for hydroxylation is 1. The second-order valence-corrected chi connectivity index (χ2v) is 3.15. The van der Waals surface area contributed by atoms with Crippen molar-refractivity contribution in [3.63, 3.8) is 0 Å². The lowest BCUT2D eigenvalue weighted by Crippen LogP contribution is -2.11. The summed E-state index contributed by atoms with van der Waals surface area (Å²) >= 11 is 0. The lowest BCUT2D eigenvalue weighted by Gasteiger charge is -2.05. The molecule has 0 aromatic carbocycles. The monoisotopic (exact) mass is 214 g/mol. The molecule has 0 saturated carbocycles. The van der Waals surface area contributed by atoms with Gasteiger partial charge in [-0.05, 0) is 30.6 Å². The van der Waals surface area contributed by atoms with E-state index in [1.807, 2.05) is 0 Å². The number of aromatic amines is 1. The molecule has 0 aliphatic carbocycles. The number of nitrogens with one attached hydrogen (secondary N) is 1. The van der Waals surface area contributed by atoms with Crippen molar-refractivity contribution < 1.29 is 4.11 Å². The zero-order valence-electron chi connectivity index (χ0n) is 11.2. The predicted octanol–water partition coefficient (Wildman–Crippen LogP) is 1.62.